The molecule has 0 aromatic heterocycles. The van der Waals surface area contributed by atoms with E-state index in [1.54, 1.807) is 24.3 Å². The van der Waals surface area contributed by atoms with E-state index in [0.29, 0.717) is 18.5 Å². The number of aliphatic carboxylic acids is 1. The summed E-state index contributed by atoms with van der Waals surface area (Å²) in [5, 5.41) is 11.8. The van der Waals surface area contributed by atoms with Gasteiger partial charge in [0.2, 0.25) is 0 Å². The zero-order chi connectivity index (χ0) is 15.1. The quantitative estimate of drug-likeness (QED) is 0.706. The van der Waals surface area contributed by atoms with Crippen LogP contribution in [0, 0.1) is 11.8 Å². The summed E-state index contributed by atoms with van der Waals surface area (Å²) in [5.74, 6) is -1.42. The van der Waals surface area contributed by atoms with Crippen LogP contribution in [0.25, 0.3) is 0 Å². The van der Waals surface area contributed by atoms with E-state index in [1.807, 2.05) is 13.8 Å². The maximum absolute atomic E-state index is 11.9. The monoisotopic (exact) mass is 278 g/mol. The van der Waals surface area contributed by atoms with Gasteiger partial charge < -0.3 is 16.2 Å². The predicted octanol–water partition coefficient (Wildman–Crippen LogP) is 1.62. The van der Waals surface area contributed by atoms with Gasteiger partial charge in [0.15, 0.2) is 0 Å². The van der Waals surface area contributed by atoms with E-state index in [-0.39, 0.29) is 18.4 Å². The Hall–Kier alpha value is -1.88. The summed E-state index contributed by atoms with van der Waals surface area (Å²) in [6, 6.07) is 6.96. The average Bonchev–Trinajstić information content (AvgIpc) is 2.42. The lowest BCUT2D eigenvalue weighted by Gasteiger charge is -2.15. The summed E-state index contributed by atoms with van der Waals surface area (Å²) in [7, 11) is 0. The Morgan fingerprint density at radius 3 is 2.30 bits per heavy atom. The minimum Gasteiger partial charge on any atom is -0.481 e. The summed E-state index contributed by atoms with van der Waals surface area (Å²) >= 11 is 0. The second-order valence-corrected chi connectivity index (χ2v) is 5.28. The molecule has 1 amide bonds. The van der Waals surface area contributed by atoms with Crippen molar-refractivity contribution in [3.8, 4) is 0 Å². The highest BCUT2D eigenvalue weighted by atomic mass is 16.4. The second kappa shape index (κ2) is 7.65. The lowest BCUT2D eigenvalue weighted by molar-refractivity contribution is -0.142. The van der Waals surface area contributed by atoms with Gasteiger partial charge in [-0.2, -0.15) is 0 Å². The van der Waals surface area contributed by atoms with Crippen LogP contribution in [0.1, 0.15) is 36.2 Å². The van der Waals surface area contributed by atoms with Gasteiger partial charge in [-0.15, -0.1) is 0 Å². The van der Waals surface area contributed by atoms with Crippen LogP contribution in [0.3, 0.4) is 0 Å². The molecule has 5 heteroatoms. The maximum atomic E-state index is 11.9. The Labute approximate surface area is 119 Å². The minimum absolute atomic E-state index is 0.144. The zero-order valence-electron chi connectivity index (χ0n) is 11.9. The number of nitrogens with one attached hydrogen (secondary N) is 1. The Morgan fingerprint density at radius 2 is 1.85 bits per heavy atom. The van der Waals surface area contributed by atoms with Gasteiger partial charge in [0.25, 0.3) is 5.91 Å². The first kappa shape index (κ1) is 16.2. The zero-order valence-corrected chi connectivity index (χ0v) is 11.9. The number of hydrogen-bond donors (Lipinski definition) is 3. The highest BCUT2D eigenvalue weighted by molar-refractivity contribution is 5.94. The van der Waals surface area contributed by atoms with E-state index in [4.69, 9.17) is 10.8 Å². The number of carboxylic acids is 1. The molecule has 5 nitrogen and oxygen atoms in total. The number of carboxylic acid groups (broad SMARTS) is 1. The van der Waals surface area contributed by atoms with Crippen LogP contribution in [0.15, 0.2) is 24.3 Å². The Balaban J connectivity index is 2.58. The van der Waals surface area contributed by atoms with Gasteiger partial charge in [-0.3, -0.25) is 9.59 Å². The van der Waals surface area contributed by atoms with E-state index in [2.05, 4.69) is 5.32 Å². The first-order valence-electron chi connectivity index (χ1n) is 6.74. The van der Waals surface area contributed by atoms with Gasteiger partial charge in [-0.05, 0) is 30.0 Å². The van der Waals surface area contributed by atoms with E-state index in [1.165, 1.54) is 0 Å². The molecule has 1 aromatic rings. The summed E-state index contributed by atoms with van der Waals surface area (Å²) in [6.45, 7) is 4.50. The van der Waals surface area contributed by atoms with Crippen molar-refractivity contribution in [1.29, 1.82) is 0 Å². The molecule has 1 atom stereocenters. The van der Waals surface area contributed by atoms with Crippen molar-refractivity contribution < 1.29 is 14.7 Å². The maximum Gasteiger partial charge on any atom is 0.308 e. The third-order valence-corrected chi connectivity index (χ3v) is 3.07. The number of amides is 1. The topological polar surface area (TPSA) is 92.4 Å². The number of carbonyl (C=O) groups excluding carboxylic acids is 1. The standard InChI is InChI=1S/C15H22N2O3/c1-10(2)7-13(15(19)20)9-17-14(18)12-5-3-11(8-16)4-6-12/h3-6,10,13H,7-9,16H2,1-2H3,(H,17,18)(H,19,20). The van der Waals surface area contributed by atoms with Crippen molar-refractivity contribution in [3.05, 3.63) is 35.4 Å². The van der Waals surface area contributed by atoms with Crippen molar-refractivity contribution >= 4 is 11.9 Å². The smallest absolute Gasteiger partial charge is 0.308 e. The van der Waals surface area contributed by atoms with Crippen molar-refractivity contribution in [2.45, 2.75) is 26.8 Å². The molecule has 0 heterocycles. The molecule has 1 rings (SSSR count). The molecule has 0 aliphatic heterocycles. The van der Waals surface area contributed by atoms with Gasteiger partial charge in [0.1, 0.15) is 0 Å². The van der Waals surface area contributed by atoms with Crippen molar-refractivity contribution in [3.63, 3.8) is 0 Å². The Kier molecular flexibility index (Phi) is 6.18. The largest absolute Gasteiger partial charge is 0.481 e. The summed E-state index contributed by atoms with van der Waals surface area (Å²) in [6.07, 6.45) is 0.543. The highest BCUT2D eigenvalue weighted by Crippen LogP contribution is 2.11. The molecule has 0 aliphatic carbocycles. The number of carbonyl (C=O) groups is 2. The van der Waals surface area contributed by atoms with Gasteiger partial charge >= 0.3 is 5.97 Å². The average molecular weight is 278 g/mol. The van der Waals surface area contributed by atoms with Crippen LogP contribution in [-0.2, 0) is 11.3 Å². The molecule has 0 aliphatic rings. The third-order valence-electron chi connectivity index (χ3n) is 3.07. The van der Waals surface area contributed by atoms with E-state index >= 15 is 0 Å². The lowest BCUT2D eigenvalue weighted by Crippen LogP contribution is -2.33. The summed E-state index contributed by atoms with van der Waals surface area (Å²) in [4.78, 5) is 23.0. The molecule has 1 aromatic carbocycles. The molecule has 110 valence electrons. The number of rotatable bonds is 7. The molecule has 0 fully saturated rings. The predicted molar refractivity (Wildman–Crippen MR) is 77.2 cm³/mol. The fraction of sp³-hybridized carbons (Fsp3) is 0.467. The van der Waals surface area contributed by atoms with Crippen LogP contribution in [0.4, 0.5) is 0 Å². The molecule has 4 N–H and O–H groups in total. The first-order chi connectivity index (χ1) is 9.43. The van der Waals surface area contributed by atoms with Crippen LogP contribution in [0.5, 0.6) is 0 Å². The van der Waals surface area contributed by atoms with Crippen LogP contribution in [0.2, 0.25) is 0 Å². The number of hydrogen-bond acceptors (Lipinski definition) is 3. The fourth-order valence-electron chi connectivity index (χ4n) is 1.95. The van der Waals surface area contributed by atoms with Gasteiger partial charge in [-0.25, -0.2) is 0 Å². The summed E-state index contributed by atoms with van der Waals surface area (Å²) < 4.78 is 0. The SMILES string of the molecule is CC(C)CC(CNC(=O)c1ccc(CN)cc1)C(=O)O. The van der Waals surface area contributed by atoms with E-state index in [0.717, 1.165) is 5.56 Å². The molecule has 20 heavy (non-hydrogen) atoms. The van der Waals surface area contributed by atoms with Gasteiger partial charge in [-0.1, -0.05) is 26.0 Å². The molecule has 0 bridgehead atoms. The van der Waals surface area contributed by atoms with E-state index < -0.39 is 11.9 Å². The van der Waals surface area contributed by atoms with Crippen LogP contribution < -0.4 is 11.1 Å². The lowest BCUT2D eigenvalue weighted by atomic mass is 9.97. The number of nitrogens with two attached hydrogens (primary N) is 1. The highest BCUT2D eigenvalue weighted by Gasteiger charge is 2.19. The van der Waals surface area contributed by atoms with Crippen molar-refractivity contribution in [2.24, 2.45) is 17.6 Å². The van der Waals surface area contributed by atoms with Crippen molar-refractivity contribution in [2.75, 3.05) is 6.54 Å². The fourth-order valence-corrected chi connectivity index (χ4v) is 1.95. The van der Waals surface area contributed by atoms with E-state index in [9.17, 15) is 9.59 Å². The molecule has 1 unspecified atom stereocenters. The Bertz CT molecular complexity index is 455. The Morgan fingerprint density at radius 1 is 1.25 bits per heavy atom. The van der Waals surface area contributed by atoms with Crippen molar-refractivity contribution in [1.82, 2.24) is 5.32 Å². The van der Waals surface area contributed by atoms with Crippen LogP contribution in [-0.4, -0.2) is 23.5 Å². The van der Waals surface area contributed by atoms with Gasteiger partial charge in [0.05, 0.1) is 5.92 Å². The molecular weight excluding hydrogens is 256 g/mol. The minimum atomic E-state index is -0.877. The number of benzene rings is 1. The molecule has 0 saturated heterocycles. The molecule has 0 spiro atoms. The summed E-state index contributed by atoms with van der Waals surface area (Å²) in [5.41, 5.74) is 6.95. The third kappa shape index (κ3) is 5.01. The van der Waals surface area contributed by atoms with Crippen LogP contribution >= 0.6 is 0 Å². The molecule has 0 radical (unpaired) electrons. The molecule has 0 saturated carbocycles. The van der Waals surface area contributed by atoms with Gasteiger partial charge in [0, 0.05) is 18.7 Å². The molecular formula is C15H22N2O3. The normalized spacial score (nSPS) is 12.2. The second-order valence-electron chi connectivity index (χ2n) is 5.28. The first-order valence-corrected chi connectivity index (χ1v) is 6.74.